The lowest BCUT2D eigenvalue weighted by Crippen LogP contribution is -2.58. The third-order valence-electron chi connectivity index (χ3n) is 6.33. The van der Waals surface area contributed by atoms with E-state index in [4.69, 9.17) is 4.74 Å². The van der Waals surface area contributed by atoms with Crippen molar-refractivity contribution in [3.8, 4) is 5.75 Å². The molecule has 2 spiro atoms. The zero-order valence-corrected chi connectivity index (χ0v) is 15.0. The summed E-state index contributed by atoms with van der Waals surface area (Å²) in [5, 5.41) is 3.21. The Labute approximate surface area is 153 Å². The van der Waals surface area contributed by atoms with Crippen LogP contribution in [-0.4, -0.2) is 17.3 Å². The lowest BCUT2D eigenvalue weighted by atomic mass is 9.74. The smallest absolute Gasteiger partial charge is 0.342 e. The number of nitrogens with one attached hydrogen (secondary N) is 1. The molecule has 3 unspecified atom stereocenters. The molecule has 6 rings (SSSR count). The molecule has 4 nitrogen and oxygen atoms in total. The molecular weight excluding hydrogens is 380 g/mol. The minimum absolute atomic E-state index is 0.129. The molecule has 3 atom stereocenters. The maximum atomic E-state index is 12.4. The van der Waals surface area contributed by atoms with Crippen LogP contribution < -0.4 is 10.1 Å². The molecule has 0 aromatic heterocycles. The monoisotopic (exact) mass is 394 g/mol. The predicted octanol–water partition coefficient (Wildman–Crippen LogP) is 4.07. The second-order valence-corrected chi connectivity index (χ2v) is 8.29. The van der Waals surface area contributed by atoms with Crippen LogP contribution in [0.5, 0.6) is 5.75 Å². The molecule has 124 valence electrons. The molecule has 2 aliphatic heterocycles. The van der Waals surface area contributed by atoms with Crippen molar-refractivity contribution in [3.63, 3.8) is 0 Å². The number of rotatable bonds is 0. The fourth-order valence-electron chi connectivity index (χ4n) is 5.41. The molecule has 1 fully saturated rings. The van der Waals surface area contributed by atoms with Crippen molar-refractivity contribution in [2.24, 2.45) is 4.99 Å². The largest absolute Gasteiger partial charge is 0.484 e. The van der Waals surface area contributed by atoms with E-state index in [1.165, 1.54) is 11.1 Å². The zero-order chi connectivity index (χ0) is 16.8. The van der Waals surface area contributed by atoms with E-state index in [1.54, 1.807) is 0 Å². The van der Waals surface area contributed by atoms with E-state index < -0.39 is 11.1 Å². The number of hydrogen-bond acceptors (Lipinski definition) is 2. The van der Waals surface area contributed by atoms with Crippen LogP contribution in [0.4, 0.5) is 4.79 Å². The SMILES string of the molecule is O=C1N=C2C3CC4(CCc5ccccc53)Oc3ccc(Br)cc3C24N1. The van der Waals surface area contributed by atoms with E-state index >= 15 is 0 Å². The van der Waals surface area contributed by atoms with Gasteiger partial charge in [-0.2, -0.15) is 4.99 Å². The average Bonchev–Trinajstić information content (AvgIpc) is 3.10. The molecule has 2 aliphatic carbocycles. The number of carbonyl (C=O) groups excluding carboxylic acids is 1. The van der Waals surface area contributed by atoms with E-state index in [1.807, 2.05) is 12.1 Å². The molecule has 2 amide bonds. The van der Waals surface area contributed by atoms with Crippen molar-refractivity contribution in [1.29, 1.82) is 0 Å². The maximum absolute atomic E-state index is 12.4. The number of urea groups is 1. The van der Waals surface area contributed by atoms with Crippen LogP contribution in [0.1, 0.15) is 35.4 Å². The number of nitrogens with zero attached hydrogens (tertiary/aromatic N) is 1. The van der Waals surface area contributed by atoms with Crippen LogP contribution in [0.3, 0.4) is 0 Å². The summed E-state index contributed by atoms with van der Waals surface area (Å²) in [6.07, 6.45) is 2.67. The van der Waals surface area contributed by atoms with Crippen molar-refractivity contribution in [1.82, 2.24) is 5.32 Å². The Hall–Kier alpha value is -2.14. The Morgan fingerprint density at radius 1 is 1.24 bits per heavy atom. The van der Waals surface area contributed by atoms with E-state index in [9.17, 15) is 4.79 Å². The van der Waals surface area contributed by atoms with Crippen molar-refractivity contribution >= 4 is 27.7 Å². The van der Waals surface area contributed by atoms with E-state index in [0.29, 0.717) is 0 Å². The molecule has 0 radical (unpaired) electrons. The molecule has 1 saturated carbocycles. The van der Waals surface area contributed by atoms with Gasteiger partial charge in [0.1, 0.15) is 16.9 Å². The lowest BCUT2D eigenvalue weighted by Gasteiger charge is -2.37. The van der Waals surface area contributed by atoms with Gasteiger partial charge in [0, 0.05) is 22.4 Å². The quantitative estimate of drug-likeness (QED) is 0.731. The second kappa shape index (κ2) is 4.33. The number of aryl methyl sites for hydroxylation is 1. The number of hydrogen-bond donors (Lipinski definition) is 1. The normalized spacial score (nSPS) is 33.4. The molecule has 2 bridgehead atoms. The van der Waals surface area contributed by atoms with Crippen molar-refractivity contribution in [3.05, 3.63) is 63.6 Å². The van der Waals surface area contributed by atoms with Gasteiger partial charge in [0.05, 0.1) is 5.71 Å². The first-order chi connectivity index (χ1) is 12.1. The highest BCUT2D eigenvalue weighted by Crippen LogP contribution is 2.63. The first-order valence-corrected chi connectivity index (χ1v) is 9.40. The maximum Gasteiger partial charge on any atom is 0.342 e. The summed E-state index contributed by atoms with van der Waals surface area (Å²) in [7, 11) is 0. The van der Waals surface area contributed by atoms with Gasteiger partial charge in [-0.3, -0.25) is 0 Å². The van der Waals surface area contributed by atoms with Gasteiger partial charge in [-0.15, -0.1) is 0 Å². The fourth-order valence-corrected chi connectivity index (χ4v) is 5.77. The van der Waals surface area contributed by atoms with Crippen LogP contribution in [-0.2, 0) is 12.0 Å². The van der Waals surface area contributed by atoms with Crippen molar-refractivity contribution < 1.29 is 9.53 Å². The van der Waals surface area contributed by atoms with E-state index in [0.717, 1.165) is 40.8 Å². The Morgan fingerprint density at radius 3 is 3.04 bits per heavy atom. The highest BCUT2D eigenvalue weighted by molar-refractivity contribution is 9.10. The van der Waals surface area contributed by atoms with Crippen LogP contribution in [0.25, 0.3) is 0 Å². The second-order valence-electron chi connectivity index (χ2n) is 7.37. The number of ether oxygens (including phenoxy) is 1. The first kappa shape index (κ1) is 14.1. The molecule has 25 heavy (non-hydrogen) atoms. The predicted molar refractivity (Wildman–Crippen MR) is 97.3 cm³/mol. The molecule has 5 heteroatoms. The number of aliphatic imine (C=N–C) groups is 1. The number of benzene rings is 2. The van der Waals surface area contributed by atoms with Crippen LogP contribution in [0, 0.1) is 0 Å². The third-order valence-corrected chi connectivity index (χ3v) is 6.82. The summed E-state index contributed by atoms with van der Waals surface area (Å²) in [5.74, 6) is 0.993. The lowest BCUT2D eigenvalue weighted by molar-refractivity contribution is 0.0380. The van der Waals surface area contributed by atoms with E-state index in [2.05, 4.69) is 56.6 Å². The van der Waals surface area contributed by atoms with Crippen LogP contribution in [0.15, 0.2) is 51.9 Å². The summed E-state index contributed by atoms with van der Waals surface area (Å²) in [4.78, 5) is 16.8. The van der Waals surface area contributed by atoms with Crippen molar-refractivity contribution in [2.45, 2.75) is 36.3 Å². The van der Waals surface area contributed by atoms with Gasteiger partial charge in [-0.1, -0.05) is 40.2 Å². The average molecular weight is 395 g/mol. The van der Waals surface area contributed by atoms with E-state index in [-0.39, 0.29) is 11.9 Å². The Bertz CT molecular complexity index is 1000. The van der Waals surface area contributed by atoms with Crippen molar-refractivity contribution in [2.75, 3.05) is 0 Å². The van der Waals surface area contributed by atoms with Crippen LogP contribution in [0.2, 0.25) is 0 Å². The fraction of sp³-hybridized carbons (Fsp3) is 0.300. The van der Waals surface area contributed by atoms with Gasteiger partial charge in [-0.05, 0) is 42.2 Å². The molecule has 1 N–H and O–H groups in total. The Kier molecular flexibility index (Phi) is 2.44. The molecule has 2 aromatic carbocycles. The van der Waals surface area contributed by atoms with Gasteiger partial charge in [0.2, 0.25) is 0 Å². The number of amides is 2. The standard InChI is InChI=1S/C20H15BrN2O2/c21-12-5-6-16-15(9-12)20-17(22-18(24)23-20)14-10-19(20,25-16)8-7-11-3-1-2-4-13(11)14/h1-6,9,14H,7-8,10H2,(H,23,24). The van der Waals surface area contributed by atoms with Gasteiger partial charge in [0.25, 0.3) is 0 Å². The molecule has 4 aliphatic rings. The molecular formula is C20H15BrN2O2. The summed E-state index contributed by atoms with van der Waals surface area (Å²) in [6.45, 7) is 0. The Balaban J connectivity index is 1.67. The highest BCUT2D eigenvalue weighted by atomic mass is 79.9. The minimum atomic E-state index is -0.624. The number of carbonyl (C=O) groups is 1. The summed E-state index contributed by atoms with van der Waals surface area (Å²) < 4.78 is 7.58. The van der Waals surface area contributed by atoms with Gasteiger partial charge < -0.3 is 10.1 Å². The number of fused-ring (bicyclic) bond motifs is 5. The first-order valence-electron chi connectivity index (χ1n) is 8.61. The van der Waals surface area contributed by atoms with Gasteiger partial charge >= 0.3 is 6.03 Å². The topological polar surface area (TPSA) is 50.7 Å². The molecule has 2 aromatic rings. The molecule has 2 heterocycles. The highest BCUT2D eigenvalue weighted by Gasteiger charge is 2.72. The minimum Gasteiger partial charge on any atom is -0.484 e. The summed E-state index contributed by atoms with van der Waals surface area (Å²) >= 11 is 3.57. The summed E-state index contributed by atoms with van der Waals surface area (Å²) in [6, 6.07) is 14.4. The zero-order valence-electron chi connectivity index (χ0n) is 13.4. The number of halogens is 1. The van der Waals surface area contributed by atoms with Gasteiger partial charge in [-0.25, -0.2) is 4.79 Å². The molecule has 0 saturated heterocycles. The summed E-state index contributed by atoms with van der Waals surface area (Å²) in [5.41, 5.74) is 3.53. The Morgan fingerprint density at radius 2 is 2.12 bits per heavy atom. The third kappa shape index (κ3) is 1.50. The van der Waals surface area contributed by atoms with Crippen LogP contribution >= 0.6 is 15.9 Å². The van der Waals surface area contributed by atoms with Gasteiger partial charge in [0.15, 0.2) is 0 Å².